The van der Waals surface area contributed by atoms with Crippen LogP contribution in [0.3, 0.4) is 0 Å². The number of rotatable bonds is 5. The van der Waals surface area contributed by atoms with E-state index in [1.54, 1.807) is 11.3 Å². The first kappa shape index (κ1) is 16.0. The smallest absolute Gasteiger partial charge is 0.227 e. The topological polar surface area (TPSA) is 59.2 Å². The lowest BCUT2D eigenvalue weighted by Crippen LogP contribution is -2.35. The van der Waals surface area contributed by atoms with Gasteiger partial charge in [-0.15, -0.1) is 11.3 Å². The van der Waals surface area contributed by atoms with E-state index in [2.05, 4.69) is 23.1 Å². The number of carbonyl (C=O) groups is 1. The number of hydrogen-bond donors (Lipinski definition) is 0. The van der Waals surface area contributed by atoms with Crippen molar-refractivity contribution in [2.45, 2.75) is 38.6 Å². The zero-order valence-corrected chi connectivity index (χ0v) is 14.8. The number of thiophene rings is 1. The third-order valence-electron chi connectivity index (χ3n) is 4.47. The fraction of sp³-hybridized carbons (Fsp3) is 0.316. The maximum atomic E-state index is 12.7. The Morgan fingerprint density at radius 3 is 3.04 bits per heavy atom. The second kappa shape index (κ2) is 6.80. The van der Waals surface area contributed by atoms with Crippen LogP contribution in [0.25, 0.3) is 10.7 Å². The Kier molecular flexibility index (Phi) is 4.36. The number of benzene rings is 1. The van der Waals surface area contributed by atoms with Crippen molar-refractivity contribution in [3.8, 4) is 10.7 Å². The van der Waals surface area contributed by atoms with E-state index in [4.69, 9.17) is 4.52 Å². The van der Waals surface area contributed by atoms with Crippen LogP contribution in [0.4, 0.5) is 5.69 Å². The van der Waals surface area contributed by atoms with Crippen LogP contribution in [0, 0.1) is 0 Å². The molecule has 4 rings (SSSR count). The summed E-state index contributed by atoms with van der Waals surface area (Å²) in [6, 6.07) is 12.3. The van der Waals surface area contributed by atoms with E-state index in [-0.39, 0.29) is 11.9 Å². The second-order valence-corrected chi connectivity index (χ2v) is 7.24. The Morgan fingerprint density at radius 1 is 1.32 bits per heavy atom. The molecule has 2 aromatic heterocycles. The molecule has 0 spiro atoms. The Hall–Kier alpha value is -2.47. The molecule has 0 fully saturated rings. The summed E-state index contributed by atoms with van der Waals surface area (Å²) < 4.78 is 5.29. The van der Waals surface area contributed by atoms with Crippen molar-refractivity contribution < 1.29 is 9.32 Å². The van der Waals surface area contributed by atoms with Gasteiger partial charge in [-0.1, -0.05) is 29.4 Å². The highest BCUT2D eigenvalue weighted by atomic mass is 32.1. The van der Waals surface area contributed by atoms with Crippen molar-refractivity contribution in [3.63, 3.8) is 0 Å². The molecule has 3 heterocycles. The lowest BCUT2D eigenvalue weighted by atomic mass is 10.1. The van der Waals surface area contributed by atoms with Crippen LogP contribution in [0.2, 0.25) is 0 Å². The zero-order chi connectivity index (χ0) is 17.2. The summed E-state index contributed by atoms with van der Waals surface area (Å²) in [6.45, 7) is 2.10. The van der Waals surface area contributed by atoms with Crippen molar-refractivity contribution in [2.24, 2.45) is 0 Å². The molecule has 0 saturated heterocycles. The Labute approximate surface area is 150 Å². The summed E-state index contributed by atoms with van der Waals surface area (Å²) in [7, 11) is 0. The molecule has 0 N–H and O–H groups in total. The molecule has 1 atom stereocenters. The van der Waals surface area contributed by atoms with Gasteiger partial charge in [-0.05, 0) is 42.8 Å². The number of hydrogen-bond acceptors (Lipinski definition) is 5. The largest absolute Gasteiger partial charge is 0.339 e. The summed E-state index contributed by atoms with van der Waals surface area (Å²) in [5, 5.41) is 5.99. The minimum atomic E-state index is 0.162. The van der Waals surface area contributed by atoms with Gasteiger partial charge in [-0.3, -0.25) is 4.79 Å². The van der Waals surface area contributed by atoms with Crippen LogP contribution in [0.5, 0.6) is 0 Å². The van der Waals surface area contributed by atoms with Gasteiger partial charge >= 0.3 is 0 Å². The minimum absolute atomic E-state index is 0.162. The van der Waals surface area contributed by atoms with Crippen molar-refractivity contribution in [3.05, 3.63) is 53.2 Å². The van der Waals surface area contributed by atoms with E-state index < -0.39 is 0 Å². The van der Waals surface area contributed by atoms with Gasteiger partial charge in [0.1, 0.15) is 0 Å². The number of fused-ring (bicyclic) bond motifs is 1. The molecule has 3 aromatic rings. The predicted octanol–water partition coefficient (Wildman–Crippen LogP) is 4.10. The maximum absolute atomic E-state index is 12.7. The number of aromatic nitrogens is 2. The van der Waals surface area contributed by atoms with Gasteiger partial charge in [0.05, 0.1) is 4.88 Å². The van der Waals surface area contributed by atoms with Gasteiger partial charge < -0.3 is 9.42 Å². The SMILES string of the molecule is C[C@H]1Cc2ccccc2N1C(=O)CCCc1nc(-c2cccs2)no1. The Bertz CT molecular complexity index is 872. The Balaban J connectivity index is 1.35. The summed E-state index contributed by atoms with van der Waals surface area (Å²) in [5.74, 6) is 1.37. The highest BCUT2D eigenvalue weighted by Crippen LogP contribution is 2.32. The van der Waals surface area contributed by atoms with E-state index >= 15 is 0 Å². The number of anilines is 1. The average Bonchev–Trinajstić information content (AvgIpc) is 3.33. The number of carbonyl (C=O) groups excluding carboxylic acids is 1. The maximum Gasteiger partial charge on any atom is 0.227 e. The zero-order valence-electron chi connectivity index (χ0n) is 14.0. The van der Waals surface area contributed by atoms with Crippen LogP contribution in [0.1, 0.15) is 31.2 Å². The second-order valence-electron chi connectivity index (χ2n) is 6.29. The monoisotopic (exact) mass is 353 g/mol. The fourth-order valence-electron chi connectivity index (χ4n) is 3.32. The summed E-state index contributed by atoms with van der Waals surface area (Å²) >= 11 is 1.58. The molecule has 0 unspecified atom stereocenters. The van der Waals surface area contributed by atoms with E-state index in [0.29, 0.717) is 31.0 Å². The molecule has 25 heavy (non-hydrogen) atoms. The van der Waals surface area contributed by atoms with E-state index in [1.807, 2.05) is 40.6 Å². The van der Waals surface area contributed by atoms with Gasteiger partial charge in [0.2, 0.25) is 17.6 Å². The van der Waals surface area contributed by atoms with Crippen LogP contribution < -0.4 is 4.90 Å². The Morgan fingerprint density at radius 2 is 2.20 bits per heavy atom. The molecule has 1 aliphatic heterocycles. The van der Waals surface area contributed by atoms with Gasteiger partial charge in [-0.25, -0.2) is 0 Å². The lowest BCUT2D eigenvalue weighted by molar-refractivity contribution is -0.119. The summed E-state index contributed by atoms with van der Waals surface area (Å²) in [4.78, 5) is 20.0. The van der Waals surface area contributed by atoms with Crippen LogP contribution in [-0.2, 0) is 17.6 Å². The van der Waals surface area contributed by atoms with Crippen molar-refractivity contribution in [1.29, 1.82) is 0 Å². The molecule has 128 valence electrons. The minimum Gasteiger partial charge on any atom is -0.339 e. The highest BCUT2D eigenvalue weighted by Gasteiger charge is 2.30. The molecular weight excluding hydrogens is 334 g/mol. The number of aryl methyl sites for hydroxylation is 1. The van der Waals surface area contributed by atoms with Gasteiger partial charge in [0.15, 0.2) is 0 Å². The molecule has 5 nitrogen and oxygen atoms in total. The average molecular weight is 353 g/mol. The first-order valence-corrected chi connectivity index (χ1v) is 9.37. The van der Waals surface area contributed by atoms with Crippen molar-refractivity contribution in [1.82, 2.24) is 10.1 Å². The van der Waals surface area contributed by atoms with Crippen molar-refractivity contribution in [2.75, 3.05) is 4.90 Å². The van der Waals surface area contributed by atoms with Crippen LogP contribution >= 0.6 is 11.3 Å². The molecule has 1 aliphatic rings. The van der Waals surface area contributed by atoms with E-state index in [9.17, 15) is 4.79 Å². The highest BCUT2D eigenvalue weighted by molar-refractivity contribution is 7.13. The predicted molar refractivity (Wildman–Crippen MR) is 97.6 cm³/mol. The van der Waals surface area contributed by atoms with Crippen LogP contribution in [0.15, 0.2) is 46.3 Å². The molecule has 6 heteroatoms. The molecular formula is C19H19N3O2S. The fourth-order valence-corrected chi connectivity index (χ4v) is 3.97. The van der Waals surface area contributed by atoms with Gasteiger partial charge in [0, 0.05) is 24.6 Å². The first-order valence-electron chi connectivity index (χ1n) is 8.49. The first-order chi connectivity index (χ1) is 12.2. The third kappa shape index (κ3) is 3.22. The van der Waals surface area contributed by atoms with Gasteiger partial charge in [-0.2, -0.15) is 4.98 Å². The van der Waals surface area contributed by atoms with Crippen LogP contribution in [-0.4, -0.2) is 22.1 Å². The molecule has 0 aliphatic carbocycles. The third-order valence-corrected chi connectivity index (χ3v) is 5.33. The summed E-state index contributed by atoms with van der Waals surface area (Å²) in [5.41, 5.74) is 2.30. The number of amides is 1. The number of para-hydroxylation sites is 1. The normalized spacial score (nSPS) is 16.2. The standard InChI is InChI=1S/C19H19N3O2S/c1-13-12-14-6-2-3-7-15(14)22(13)18(23)10-4-9-17-20-19(21-24-17)16-8-5-11-25-16/h2-3,5-8,11,13H,4,9-10,12H2,1H3/t13-/m0/s1. The van der Waals surface area contributed by atoms with Gasteiger partial charge in [0.25, 0.3) is 0 Å². The molecule has 1 amide bonds. The van der Waals surface area contributed by atoms with Crippen molar-refractivity contribution >= 4 is 22.9 Å². The lowest BCUT2D eigenvalue weighted by Gasteiger charge is -2.22. The molecule has 0 saturated carbocycles. The van der Waals surface area contributed by atoms with E-state index in [0.717, 1.165) is 17.0 Å². The number of nitrogens with zero attached hydrogens (tertiary/aromatic N) is 3. The quantitative estimate of drug-likeness (QED) is 0.693. The summed E-state index contributed by atoms with van der Waals surface area (Å²) in [6.07, 6.45) is 2.73. The molecule has 0 radical (unpaired) electrons. The van der Waals surface area contributed by atoms with E-state index in [1.165, 1.54) is 5.56 Å². The molecule has 0 bridgehead atoms. The molecule has 1 aromatic carbocycles.